The maximum Gasteiger partial charge on any atom is 0.123 e. The van der Waals surface area contributed by atoms with E-state index in [4.69, 9.17) is 4.74 Å². The first-order chi connectivity index (χ1) is 9.70. The Bertz CT molecular complexity index is 524. The van der Waals surface area contributed by atoms with Gasteiger partial charge in [0.15, 0.2) is 0 Å². The maximum absolute atomic E-state index is 12.9. The summed E-state index contributed by atoms with van der Waals surface area (Å²) in [5, 5.41) is 12.9. The number of aliphatic hydroxyl groups is 1. The minimum absolute atomic E-state index is 0.102. The van der Waals surface area contributed by atoms with Gasteiger partial charge in [0.1, 0.15) is 23.7 Å². The van der Waals surface area contributed by atoms with Crippen LogP contribution in [0.4, 0.5) is 4.39 Å². The molecule has 2 N–H and O–H groups in total. The molecular formula is C16H18FNO2. The Morgan fingerprint density at radius 3 is 2.30 bits per heavy atom. The van der Waals surface area contributed by atoms with Crippen LogP contribution in [0.1, 0.15) is 5.56 Å². The first-order valence-electron chi connectivity index (χ1n) is 6.44. The largest absolute Gasteiger partial charge is 0.491 e. The molecule has 0 aromatic heterocycles. The number of halogens is 1. The average molecular weight is 275 g/mol. The zero-order chi connectivity index (χ0) is 14.4. The molecule has 2 aromatic carbocycles. The van der Waals surface area contributed by atoms with Gasteiger partial charge < -0.3 is 15.2 Å². The predicted molar refractivity (Wildman–Crippen MR) is 76.2 cm³/mol. The molecule has 0 fully saturated rings. The molecule has 0 amide bonds. The molecule has 4 heteroatoms. The molecule has 106 valence electrons. The third-order valence-electron chi connectivity index (χ3n) is 3.37. The maximum atomic E-state index is 12.9. The minimum atomic E-state index is -0.685. The molecule has 0 heterocycles. The summed E-state index contributed by atoms with van der Waals surface area (Å²) in [7, 11) is 1.78. The highest BCUT2D eigenvalue weighted by Crippen LogP contribution is 2.22. The van der Waals surface area contributed by atoms with Crippen molar-refractivity contribution in [2.75, 3.05) is 20.3 Å². The molecule has 0 bridgehead atoms. The van der Waals surface area contributed by atoms with Gasteiger partial charge in [0.05, 0.1) is 6.61 Å². The summed E-state index contributed by atoms with van der Waals surface area (Å²) in [6.45, 7) is 0.143. The Kier molecular flexibility index (Phi) is 4.71. The van der Waals surface area contributed by atoms with Crippen LogP contribution in [-0.2, 0) is 5.54 Å². The Balaban J connectivity index is 2.15. The van der Waals surface area contributed by atoms with Crippen LogP contribution in [0.15, 0.2) is 54.6 Å². The van der Waals surface area contributed by atoms with Gasteiger partial charge in [-0.3, -0.25) is 0 Å². The van der Waals surface area contributed by atoms with Gasteiger partial charge in [-0.05, 0) is 36.9 Å². The van der Waals surface area contributed by atoms with E-state index in [0.29, 0.717) is 5.75 Å². The molecular weight excluding hydrogens is 257 g/mol. The Morgan fingerprint density at radius 1 is 1.10 bits per heavy atom. The number of rotatable bonds is 6. The van der Waals surface area contributed by atoms with Crippen molar-refractivity contribution in [3.8, 4) is 5.75 Å². The summed E-state index contributed by atoms with van der Waals surface area (Å²) >= 11 is 0. The highest BCUT2D eigenvalue weighted by atomic mass is 19.1. The second kappa shape index (κ2) is 6.50. The zero-order valence-electron chi connectivity index (χ0n) is 11.3. The van der Waals surface area contributed by atoms with Crippen molar-refractivity contribution in [3.63, 3.8) is 0 Å². The van der Waals surface area contributed by atoms with Gasteiger partial charge in [-0.15, -0.1) is 0 Å². The molecule has 1 unspecified atom stereocenters. The highest BCUT2D eigenvalue weighted by molar-refractivity contribution is 5.27. The summed E-state index contributed by atoms with van der Waals surface area (Å²) in [5.41, 5.74) is 0.252. The second-order valence-electron chi connectivity index (χ2n) is 4.60. The van der Waals surface area contributed by atoms with Crippen LogP contribution in [-0.4, -0.2) is 25.4 Å². The lowest BCUT2D eigenvalue weighted by Crippen LogP contribution is -2.48. The summed E-state index contributed by atoms with van der Waals surface area (Å²) in [6, 6.07) is 15.4. The summed E-state index contributed by atoms with van der Waals surface area (Å²) < 4.78 is 18.5. The predicted octanol–water partition coefficient (Wildman–Crippen LogP) is 2.31. The molecule has 0 aliphatic carbocycles. The summed E-state index contributed by atoms with van der Waals surface area (Å²) in [5.74, 6) is 0.262. The van der Waals surface area contributed by atoms with Crippen molar-refractivity contribution < 1.29 is 14.2 Å². The average Bonchev–Trinajstić information content (AvgIpc) is 2.51. The van der Waals surface area contributed by atoms with Crippen molar-refractivity contribution in [1.29, 1.82) is 0 Å². The summed E-state index contributed by atoms with van der Waals surface area (Å²) in [6.07, 6.45) is 0. The van der Waals surface area contributed by atoms with Crippen molar-refractivity contribution in [2.45, 2.75) is 5.54 Å². The Morgan fingerprint density at radius 2 is 1.75 bits per heavy atom. The van der Waals surface area contributed by atoms with Crippen molar-refractivity contribution in [3.05, 3.63) is 66.0 Å². The number of hydrogen-bond donors (Lipinski definition) is 2. The van der Waals surface area contributed by atoms with Gasteiger partial charge in [-0.1, -0.05) is 30.3 Å². The van der Waals surface area contributed by atoms with Crippen molar-refractivity contribution >= 4 is 0 Å². The SMILES string of the molecule is CNC(CO)(COc1ccc(F)cc1)c1ccccc1. The fourth-order valence-electron chi connectivity index (χ4n) is 2.01. The molecule has 2 aromatic rings. The van der Waals surface area contributed by atoms with Crippen molar-refractivity contribution in [2.24, 2.45) is 0 Å². The van der Waals surface area contributed by atoms with E-state index in [0.717, 1.165) is 5.56 Å². The molecule has 0 spiro atoms. The Hall–Kier alpha value is -1.91. The number of aliphatic hydroxyl groups excluding tert-OH is 1. The molecule has 1 atom stereocenters. The fraction of sp³-hybridized carbons (Fsp3) is 0.250. The molecule has 0 saturated carbocycles. The molecule has 0 saturated heterocycles. The van der Waals surface area contributed by atoms with Crippen molar-refractivity contribution in [1.82, 2.24) is 5.32 Å². The normalized spacial score (nSPS) is 13.8. The first kappa shape index (κ1) is 14.5. The van der Waals surface area contributed by atoms with Crippen LogP contribution in [0.5, 0.6) is 5.75 Å². The van der Waals surface area contributed by atoms with E-state index in [1.165, 1.54) is 12.1 Å². The topological polar surface area (TPSA) is 41.5 Å². The lowest BCUT2D eigenvalue weighted by molar-refractivity contribution is 0.108. The molecule has 20 heavy (non-hydrogen) atoms. The lowest BCUT2D eigenvalue weighted by Gasteiger charge is -2.32. The van der Waals surface area contributed by atoms with Crippen LogP contribution < -0.4 is 10.1 Å². The zero-order valence-corrected chi connectivity index (χ0v) is 11.3. The van der Waals surface area contributed by atoms with E-state index < -0.39 is 5.54 Å². The third kappa shape index (κ3) is 3.15. The van der Waals surface area contributed by atoms with E-state index in [-0.39, 0.29) is 19.0 Å². The van der Waals surface area contributed by atoms with Crippen LogP contribution in [0, 0.1) is 5.82 Å². The first-order valence-corrected chi connectivity index (χ1v) is 6.44. The van der Waals surface area contributed by atoms with E-state index in [1.807, 2.05) is 30.3 Å². The van der Waals surface area contributed by atoms with E-state index in [1.54, 1.807) is 19.2 Å². The van der Waals surface area contributed by atoms with E-state index >= 15 is 0 Å². The molecule has 2 rings (SSSR count). The van der Waals surface area contributed by atoms with Crippen LogP contribution >= 0.6 is 0 Å². The number of benzene rings is 2. The minimum Gasteiger partial charge on any atom is -0.491 e. The van der Waals surface area contributed by atoms with E-state index in [2.05, 4.69) is 5.32 Å². The van der Waals surface area contributed by atoms with Gasteiger partial charge in [0.25, 0.3) is 0 Å². The van der Waals surface area contributed by atoms with Gasteiger partial charge in [-0.2, -0.15) is 0 Å². The van der Waals surface area contributed by atoms with E-state index in [9.17, 15) is 9.50 Å². The third-order valence-corrected chi connectivity index (χ3v) is 3.37. The molecule has 0 aliphatic heterocycles. The molecule has 0 radical (unpaired) electrons. The quantitative estimate of drug-likeness (QED) is 0.850. The summed E-state index contributed by atoms with van der Waals surface area (Å²) in [4.78, 5) is 0. The second-order valence-corrected chi connectivity index (χ2v) is 4.60. The van der Waals surface area contributed by atoms with Gasteiger partial charge in [-0.25, -0.2) is 4.39 Å². The molecule has 0 aliphatic rings. The smallest absolute Gasteiger partial charge is 0.123 e. The van der Waals surface area contributed by atoms with Gasteiger partial charge in [0.2, 0.25) is 0 Å². The lowest BCUT2D eigenvalue weighted by atomic mass is 9.92. The van der Waals surface area contributed by atoms with Crippen LogP contribution in [0.25, 0.3) is 0 Å². The van der Waals surface area contributed by atoms with Crippen LogP contribution in [0.3, 0.4) is 0 Å². The number of likely N-dealkylation sites (N-methyl/N-ethyl adjacent to an activating group) is 1. The van der Waals surface area contributed by atoms with Gasteiger partial charge >= 0.3 is 0 Å². The number of hydrogen-bond acceptors (Lipinski definition) is 3. The highest BCUT2D eigenvalue weighted by Gasteiger charge is 2.30. The molecule has 3 nitrogen and oxygen atoms in total. The number of nitrogens with one attached hydrogen (secondary N) is 1. The number of ether oxygens (including phenoxy) is 1. The standard InChI is InChI=1S/C16H18FNO2/c1-18-16(11-19,13-5-3-2-4-6-13)12-20-15-9-7-14(17)8-10-15/h2-10,18-19H,11-12H2,1H3. The monoisotopic (exact) mass is 275 g/mol. The van der Waals surface area contributed by atoms with Gasteiger partial charge in [0, 0.05) is 0 Å². The fourth-order valence-corrected chi connectivity index (χ4v) is 2.01. The Labute approximate surface area is 118 Å². The van der Waals surface area contributed by atoms with Crippen LogP contribution in [0.2, 0.25) is 0 Å².